The van der Waals surface area contributed by atoms with Crippen LogP contribution in [0.1, 0.15) is 57.1 Å². The monoisotopic (exact) mass is 619 g/mol. The quantitative estimate of drug-likeness (QED) is 0.126. The Hall–Kier alpha value is -4.76. The van der Waals surface area contributed by atoms with Gasteiger partial charge in [-0.25, -0.2) is 4.68 Å². The molecular formula is C36H37N5O3S. The Morgan fingerprint density at radius 3 is 2.38 bits per heavy atom. The van der Waals surface area contributed by atoms with E-state index in [-0.39, 0.29) is 5.56 Å². The molecule has 0 aliphatic heterocycles. The van der Waals surface area contributed by atoms with Gasteiger partial charge in [-0.2, -0.15) is 14.6 Å². The van der Waals surface area contributed by atoms with Crippen molar-refractivity contribution in [3.05, 3.63) is 105 Å². The Morgan fingerprint density at radius 2 is 1.64 bits per heavy atom. The van der Waals surface area contributed by atoms with Crippen LogP contribution in [0.4, 0.5) is 0 Å². The van der Waals surface area contributed by atoms with Crippen molar-refractivity contribution in [2.75, 3.05) is 13.2 Å². The molecule has 3 heterocycles. The van der Waals surface area contributed by atoms with Crippen LogP contribution in [0.2, 0.25) is 0 Å². The summed E-state index contributed by atoms with van der Waals surface area (Å²) in [5.74, 6) is 2.20. The zero-order valence-electron chi connectivity index (χ0n) is 25.9. The van der Waals surface area contributed by atoms with Gasteiger partial charge in [-0.1, -0.05) is 62.6 Å². The SMILES string of the molecule is CCCCCCOc1ccc(-c2nc3sc(=Cc4cn(-c5ccccc5)nc4-c4ccc(OCCC)c(C)c4)c(=O)n3n2)cc1. The van der Waals surface area contributed by atoms with Gasteiger partial charge in [0, 0.05) is 22.9 Å². The maximum atomic E-state index is 13.5. The van der Waals surface area contributed by atoms with Crippen LogP contribution in [0.15, 0.2) is 83.8 Å². The number of thiazole rings is 1. The van der Waals surface area contributed by atoms with E-state index in [0.29, 0.717) is 28.5 Å². The van der Waals surface area contributed by atoms with Gasteiger partial charge in [-0.05, 0) is 86.0 Å². The lowest BCUT2D eigenvalue weighted by Gasteiger charge is -2.09. The van der Waals surface area contributed by atoms with Crippen molar-refractivity contribution in [2.45, 2.75) is 52.9 Å². The van der Waals surface area contributed by atoms with Crippen molar-refractivity contribution >= 4 is 22.4 Å². The summed E-state index contributed by atoms with van der Waals surface area (Å²) < 4.78 is 15.5. The van der Waals surface area contributed by atoms with Crippen LogP contribution >= 0.6 is 11.3 Å². The molecule has 0 saturated heterocycles. The first-order chi connectivity index (χ1) is 22.0. The zero-order valence-corrected chi connectivity index (χ0v) is 26.7. The first-order valence-electron chi connectivity index (χ1n) is 15.6. The number of ether oxygens (including phenoxy) is 2. The number of nitrogens with zero attached hydrogens (tertiary/aromatic N) is 5. The van der Waals surface area contributed by atoms with E-state index >= 15 is 0 Å². The van der Waals surface area contributed by atoms with E-state index in [1.54, 1.807) is 0 Å². The third-order valence-electron chi connectivity index (χ3n) is 7.52. The zero-order chi connectivity index (χ0) is 31.2. The summed E-state index contributed by atoms with van der Waals surface area (Å²) in [6.07, 6.45) is 9.45. The Morgan fingerprint density at radius 1 is 0.844 bits per heavy atom. The first-order valence-corrected chi connectivity index (χ1v) is 16.4. The molecule has 3 aromatic heterocycles. The number of para-hydroxylation sites is 1. The summed E-state index contributed by atoms with van der Waals surface area (Å²) in [5.41, 5.74) is 5.13. The summed E-state index contributed by atoms with van der Waals surface area (Å²) in [6.45, 7) is 7.71. The van der Waals surface area contributed by atoms with Crippen LogP contribution in [0, 0.1) is 6.92 Å². The molecule has 0 spiro atoms. The van der Waals surface area contributed by atoms with E-state index in [4.69, 9.17) is 14.6 Å². The average molecular weight is 620 g/mol. The fourth-order valence-corrected chi connectivity index (χ4v) is 6.02. The molecule has 6 rings (SSSR count). The van der Waals surface area contributed by atoms with Crippen LogP contribution in [-0.4, -0.2) is 37.6 Å². The van der Waals surface area contributed by atoms with Crippen molar-refractivity contribution < 1.29 is 9.47 Å². The Labute approximate surface area is 266 Å². The van der Waals surface area contributed by atoms with Gasteiger partial charge in [0.25, 0.3) is 5.56 Å². The largest absolute Gasteiger partial charge is 0.494 e. The van der Waals surface area contributed by atoms with Gasteiger partial charge in [0.05, 0.1) is 23.4 Å². The van der Waals surface area contributed by atoms with Crippen molar-refractivity contribution in [1.82, 2.24) is 24.4 Å². The van der Waals surface area contributed by atoms with Crippen molar-refractivity contribution in [3.63, 3.8) is 0 Å². The fraction of sp³-hybridized carbons (Fsp3) is 0.278. The molecule has 0 bridgehead atoms. The third kappa shape index (κ3) is 6.83. The number of benzene rings is 3. The number of fused-ring (bicyclic) bond motifs is 1. The predicted octanol–water partition coefficient (Wildman–Crippen LogP) is 7.27. The van der Waals surface area contributed by atoms with Gasteiger partial charge >= 0.3 is 0 Å². The number of hydrogen-bond acceptors (Lipinski definition) is 7. The number of rotatable bonds is 13. The molecule has 0 amide bonds. The lowest BCUT2D eigenvalue weighted by Crippen LogP contribution is -2.23. The number of aryl methyl sites for hydroxylation is 1. The Balaban J connectivity index is 1.31. The molecule has 0 fully saturated rings. The fourth-order valence-electron chi connectivity index (χ4n) is 5.12. The lowest BCUT2D eigenvalue weighted by molar-refractivity contribution is 0.305. The number of unbranched alkanes of at least 4 members (excludes halogenated alkanes) is 3. The maximum Gasteiger partial charge on any atom is 0.291 e. The van der Waals surface area contributed by atoms with Crippen LogP contribution in [0.5, 0.6) is 11.5 Å². The molecule has 8 nitrogen and oxygen atoms in total. The summed E-state index contributed by atoms with van der Waals surface area (Å²) in [6, 6.07) is 23.7. The Bertz CT molecular complexity index is 1990. The molecule has 0 aliphatic carbocycles. The molecule has 6 aromatic rings. The number of hydrogen-bond donors (Lipinski definition) is 0. The van der Waals surface area contributed by atoms with Crippen LogP contribution < -0.4 is 19.6 Å². The summed E-state index contributed by atoms with van der Waals surface area (Å²) in [7, 11) is 0. The molecule has 0 radical (unpaired) electrons. The molecule has 45 heavy (non-hydrogen) atoms. The van der Waals surface area contributed by atoms with Gasteiger partial charge in [-0.15, -0.1) is 5.10 Å². The average Bonchev–Trinajstić information content (AvgIpc) is 3.76. The van der Waals surface area contributed by atoms with Crippen molar-refractivity contribution in [1.29, 1.82) is 0 Å². The van der Waals surface area contributed by atoms with Crippen molar-refractivity contribution in [3.8, 4) is 39.8 Å². The normalized spacial score (nSPS) is 11.8. The number of aromatic nitrogens is 5. The summed E-state index contributed by atoms with van der Waals surface area (Å²) in [5, 5.41) is 9.50. The second-order valence-corrected chi connectivity index (χ2v) is 12.0. The first kappa shape index (κ1) is 30.3. The molecular weight excluding hydrogens is 582 g/mol. The minimum absolute atomic E-state index is 0.210. The van der Waals surface area contributed by atoms with Crippen molar-refractivity contribution in [2.24, 2.45) is 0 Å². The molecule has 0 saturated carbocycles. The highest BCUT2D eigenvalue weighted by molar-refractivity contribution is 7.15. The summed E-state index contributed by atoms with van der Waals surface area (Å²) in [4.78, 5) is 18.8. The molecule has 0 atom stereocenters. The second-order valence-electron chi connectivity index (χ2n) is 11.0. The van der Waals surface area contributed by atoms with Gasteiger partial charge < -0.3 is 9.47 Å². The Kier molecular flexibility index (Phi) is 9.35. The minimum atomic E-state index is -0.210. The predicted molar refractivity (Wildman–Crippen MR) is 181 cm³/mol. The molecule has 0 aliphatic rings. The van der Waals surface area contributed by atoms with Gasteiger partial charge in [0.1, 0.15) is 17.2 Å². The van der Waals surface area contributed by atoms with E-state index in [0.717, 1.165) is 58.0 Å². The topological polar surface area (TPSA) is 83.5 Å². The van der Waals surface area contributed by atoms with E-state index in [1.165, 1.54) is 35.1 Å². The molecule has 9 heteroatoms. The van der Waals surface area contributed by atoms with E-state index < -0.39 is 0 Å². The van der Waals surface area contributed by atoms with E-state index in [9.17, 15) is 4.79 Å². The maximum absolute atomic E-state index is 13.5. The highest BCUT2D eigenvalue weighted by Gasteiger charge is 2.16. The highest BCUT2D eigenvalue weighted by atomic mass is 32.1. The molecule has 3 aromatic carbocycles. The smallest absolute Gasteiger partial charge is 0.291 e. The van der Waals surface area contributed by atoms with Crippen LogP contribution in [-0.2, 0) is 0 Å². The highest BCUT2D eigenvalue weighted by Crippen LogP contribution is 2.29. The molecule has 230 valence electrons. The van der Waals surface area contributed by atoms with Gasteiger partial charge in [-0.3, -0.25) is 4.79 Å². The standard InChI is InChI=1S/C36H37N5O3S/c1-4-6-7-11-21-43-30-17-14-26(15-18-30)34-37-36-41(39-34)35(42)32(45-36)23-28-24-40(29-12-9-8-10-13-29)38-33(28)27-16-19-31(25(3)22-27)44-20-5-2/h8-10,12-19,22-24H,4-7,11,20-21H2,1-3H3. The van der Waals surface area contributed by atoms with Crippen LogP contribution in [0.25, 0.3) is 39.4 Å². The third-order valence-corrected chi connectivity index (χ3v) is 8.48. The van der Waals surface area contributed by atoms with Gasteiger partial charge in [0.15, 0.2) is 5.82 Å². The van der Waals surface area contributed by atoms with Crippen LogP contribution in [0.3, 0.4) is 0 Å². The minimum Gasteiger partial charge on any atom is -0.494 e. The second kappa shape index (κ2) is 13.9. The van der Waals surface area contributed by atoms with E-state index in [2.05, 4.69) is 30.0 Å². The van der Waals surface area contributed by atoms with E-state index in [1.807, 2.05) is 90.6 Å². The molecule has 0 N–H and O–H groups in total. The lowest BCUT2D eigenvalue weighted by atomic mass is 10.0. The molecule has 0 unspecified atom stereocenters. The van der Waals surface area contributed by atoms with Gasteiger partial charge in [0.2, 0.25) is 4.96 Å². The summed E-state index contributed by atoms with van der Waals surface area (Å²) >= 11 is 1.32.